The van der Waals surface area contributed by atoms with Gasteiger partial charge < -0.3 is 14.5 Å². The summed E-state index contributed by atoms with van der Waals surface area (Å²) in [6.45, 7) is 3.03. The van der Waals surface area contributed by atoms with E-state index in [1.54, 1.807) is 12.1 Å². The highest BCUT2D eigenvalue weighted by Crippen LogP contribution is 2.28. The summed E-state index contributed by atoms with van der Waals surface area (Å²) in [5.41, 5.74) is 4.81. The first-order valence-corrected chi connectivity index (χ1v) is 9.57. The van der Waals surface area contributed by atoms with Crippen molar-refractivity contribution in [1.82, 2.24) is 4.57 Å². The molecule has 4 aromatic rings. The highest BCUT2D eigenvalue weighted by Gasteiger charge is 2.09. The smallest absolute Gasteiger partial charge is 0.307 e. The number of aromatic nitrogens is 1. The Balaban J connectivity index is 1.45. The highest BCUT2D eigenvalue weighted by molar-refractivity contribution is 6.07. The molecule has 1 aromatic heterocycles. The molecule has 0 saturated heterocycles. The molecule has 29 heavy (non-hydrogen) atoms. The fraction of sp³-hybridized carbons (Fsp3) is 0.167. The molecule has 5 nitrogen and oxygen atoms in total. The third-order valence-corrected chi connectivity index (χ3v) is 5.01. The molecule has 0 aliphatic carbocycles. The van der Waals surface area contributed by atoms with Crippen LogP contribution in [0.15, 0.2) is 78.0 Å². The first-order valence-electron chi connectivity index (χ1n) is 9.57. The number of oxime groups is 1. The Morgan fingerprint density at radius 2 is 1.52 bits per heavy atom. The van der Waals surface area contributed by atoms with Gasteiger partial charge in [-0.25, -0.2) is 0 Å². The van der Waals surface area contributed by atoms with Crippen LogP contribution in [0.25, 0.3) is 21.8 Å². The lowest BCUT2D eigenvalue weighted by atomic mass is 10.1. The number of aliphatic carboxylic acids is 1. The number of carboxylic acid groups (broad SMARTS) is 1. The SMILES string of the molecule is C/C(=N\OCCn1c2ccccc2c2ccccc21)c1ccc(CC(=O)O)cc1. The molecule has 0 radical (unpaired) electrons. The van der Waals surface area contributed by atoms with Crippen molar-refractivity contribution in [3.63, 3.8) is 0 Å². The van der Waals surface area contributed by atoms with E-state index in [-0.39, 0.29) is 6.42 Å². The zero-order valence-corrected chi connectivity index (χ0v) is 16.2. The van der Waals surface area contributed by atoms with Crippen LogP contribution in [-0.2, 0) is 22.6 Å². The number of hydrogen-bond donors (Lipinski definition) is 1. The van der Waals surface area contributed by atoms with Gasteiger partial charge in [-0.05, 0) is 30.2 Å². The number of carbonyl (C=O) groups is 1. The van der Waals surface area contributed by atoms with Gasteiger partial charge in [0.25, 0.3) is 0 Å². The second kappa shape index (κ2) is 8.19. The molecule has 0 bridgehead atoms. The first-order chi connectivity index (χ1) is 14.1. The quantitative estimate of drug-likeness (QED) is 0.280. The van der Waals surface area contributed by atoms with E-state index in [1.165, 1.54) is 21.8 Å². The molecule has 0 aliphatic rings. The van der Waals surface area contributed by atoms with Crippen molar-refractivity contribution in [1.29, 1.82) is 0 Å². The molecule has 146 valence electrons. The van der Waals surface area contributed by atoms with Crippen molar-refractivity contribution in [3.8, 4) is 0 Å². The molecular weight excluding hydrogens is 364 g/mol. The average Bonchev–Trinajstić information content (AvgIpc) is 3.05. The van der Waals surface area contributed by atoms with Gasteiger partial charge in [0.2, 0.25) is 0 Å². The van der Waals surface area contributed by atoms with E-state index in [4.69, 9.17) is 9.94 Å². The van der Waals surface area contributed by atoms with Crippen LogP contribution in [0.1, 0.15) is 18.1 Å². The van der Waals surface area contributed by atoms with Gasteiger partial charge in [0.1, 0.15) is 6.61 Å². The summed E-state index contributed by atoms with van der Waals surface area (Å²) in [6, 6.07) is 24.1. The van der Waals surface area contributed by atoms with Crippen LogP contribution in [0.4, 0.5) is 0 Å². The Hall–Kier alpha value is -3.60. The van der Waals surface area contributed by atoms with Gasteiger partial charge >= 0.3 is 5.97 Å². The maximum atomic E-state index is 10.8. The van der Waals surface area contributed by atoms with Crippen molar-refractivity contribution in [2.75, 3.05) is 6.61 Å². The van der Waals surface area contributed by atoms with E-state index in [9.17, 15) is 4.79 Å². The minimum Gasteiger partial charge on any atom is -0.481 e. The number of rotatable bonds is 7. The summed E-state index contributed by atoms with van der Waals surface area (Å²) in [4.78, 5) is 16.4. The fourth-order valence-electron chi connectivity index (χ4n) is 3.61. The zero-order valence-electron chi connectivity index (χ0n) is 16.2. The molecule has 3 aromatic carbocycles. The van der Waals surface area contributed by atoms with Crippen molar-refractivity contribution < 1.29 is 14.7 Å². The monoisotopic (exact) mass is 386 g/mol. The lowest BCUT2D eigenvalue weighted by Crippen LogP contribution is -2.05. The van der Waals surface area contributed by atoms with E-state index in [0.29, 0.717) is 13.2 Å². The molecule has 0 amide bonds. The summed E-state index contributed by atoms with van der Waals surface area (Å²) in [7, 11) is 0. The number of fused-ring (bicyclic) bond motifs is 3. The molecule has 4 rings (SSSR count). The number of carboxylic acids is 1. The Bertz CT molecular complexity index is 1140. The zero-order chi connectivity index (χ0) is 20.2. The Morgan fingerprint density at radius 3 is 2.10 bits per heavy atom. The minimum atomic E-state index is -0.837. The van der Waals surface area contributed by atoms with Gasteiger partial charge in [-0.15, -0.1) is 0 Å². The largest absolute Gasteiger partial charge is 0.481 e. The number of hydrogen-bond acceptors (Lipinski definition) is 3. The van der Waals surface area contributed by atoms with Crippen LogP contribution in [0.2, 0.25) is 0 Å². The molecule has 0 saturated carbocycles. The molecule has 5 heteroatoms. The van der Waals surface area contributed by atoms with Crippen LogP contribution in [0, 0.1) is 0 Å². The molecule has 0 spiro atoms. The Kier molecular flexibility index (Phi) is 5.29. The molecule has 1 heterocycles. The predicted molar refractivity (Wildman–Crippen MR) is 115 cm³/mol. The van der Waals surface area contributed by atoms with Crippen LogP contribution < -0.4 is 0 Å². The van der Waals surface area contributed by atoms with Crippen molar-refractivity contribution in [3.05, 3.63) is 83.9 Å². The standard InChI is InChI=1S/C24H22N2O3/c1-17(19-12-10-18(11-13-19)16-24(27)28)25-29-15-14-26-22-8-4-2-6-20(22)21-7-3-5-9-23(21)26/h2-13H,14-16H2,1H3,(H,27,28)/b25-17+. The van der Waals surface area contributed by atoms with Crippen molar-refractivity contribution in [2.24, 2.45) is 5.16 Å². The van der Waals surface area contributed by atoms with E-state index in [2.05, 4.69) is 58.3 Å². The summed E-state index contributed by atoms with van der Waals surface area (Å²) < 4.78 is 2.26. The minimum absolute atomic E-state index is 0.0196. The molecule has 0 atom stereocenters. The molecular formula is C24H22N2O3. The molecule has 0 unspecified atom stereocenters. The third-order valence-electron chi connectivity index (χ3n) is 5.01. The Labute approximate surface area is 168 Å². The van der Waals surface area contributed by atoms with E-state index in [0.717, 1.165) is 16.8 Å². The van der Waals surface area contributed by atoms with Gasteiger partial charge in [0.05, 0.1) is 18.7 Å². The second-order valence-corrected chi connectivity index (χ2v) is 6.96. The summed E-state index contributed by atoms with van der Waals surface area (Å²) >= 11 is 0. The number of para-hydroxylation sites is 2. The van der Waals surface area contributed by atoms with Crippen LogP contribution in [-0.4, -0.2) is 28.0 Å². The van der Waals surface area contributed by atoms with Gasteiger partial charge in [-0.3, -0.25) is 4.79 Å². The van der Waals surface area contributed by atoms with Crippen LogP contribution in [0.5, 0.6) is 0 Å². The van der Waals surface area contributed by atoms with E-state index >= 15 is 0 Å². The van der Waals surface area contributed by atoms with Crippen molar-refractivity contribution in [2.45, 2.75) is 19.9 Å². The van der Waals surface area contributed by atoms with E-state index in [1.807, 2.05) is 19.1 Å². The van der Waals surface area contributed by atoms with E-state index < -0.39 is 5.97 Å². The highest BCUT2D eigenvalue weighted by atomic mass is 16.6. The van der Waals surface area contributed by atoms with Crippen LogP contribution in [0.3, 0.4) is 0 Å². The maximum Gasteiger partial charge on any atom is 0.307 e. The lowest BCUT2D eigenvalue weighted by molar-refractivity contribution is -0.136. The topological polar surface area (TPSA) is 63.8 Å². The fourth-order valence-corrected chi connectivity index (χ4v) is 3.61. The van der Waals surface area contributed by atoms with Crippen molar-refractivity contribution >= 4 is 33.5 Å². The number of nitrogens with zero attached hydrogens (tertiary/aromatic N) is 2. The second-order valence-electron chi connectivity index (χ2n) is 6.96. The number of benzene rings is 3. The van der Waals surface area contributed by atoms with Gasteiger partial charge in [-0.1, -0.05) is 65.8 Å². The maximum absolute atomic E-state index is 10.8. The predicted octanol–water partition coefficient (Wildman–Crippen LogP) is 4.86. The van der Waals surface area contributed by atoms with Gasteiger partial charge in [0, 0.05) is 21.8 Å². The summed E-state index contributed by atoms with van der Waals surface area (Å²) in [5.74, 6) is -0.837. The molecule has 1 N–H and O–H groups in total. The lowest BCUT2D eigenvalue weighted by Gasteiger charge is -2.07. The summed E-state index contributed by atoms with van der Waals surface area (Å²) in [5, 5.41) is 15.6. The van der Waals surface area contributed by atoms with Gasteiger partial charge in [0.15, 0.2) is 0 Å². The Morgan fingerprint density at radius 1 is 0.931 bits per heavy atom. The first kappa shape index (κ1) is 18.7. The third kappa shape index (κ3) is 3.99. The summed E-state index contributed by atoms with van der Waals surface area (Å²) in [6.07, 6.45) is 0.0196. The average molecular weight is 386 g/mol. The van der Waals surface area contributed by atoms with Gasteiger partial charge in [-0.2, -0.15) is 0 Å². The molecule has 0 aliphatic heterocycles. The normalized spacial score (nSPS) is 11.8. The van der Waals surface area contributed by atoms with Crippen LogP contribution >= 0.6 is 0 Å². The molecule has 0 fully saturated rings.